The maximum absolute atomic E-state index is 4.46. The lowest BCUT2D eigenvalue weighted by Crippen LogP contribution is -2.09. The van der Waals surface area contributed by atoms with E-state index in [-0.39, 0.29) is 5.41 Å². The summed E-state index contributed by atoms with van der Waals surface area (Å²) in [6.45, 7) is 6.73. The summed E-state index contributed by atoms with van der Waals surface area (Å²) in [6.07, 6.45) is 1.84. The van der Waals surface area contributed by atoms with Gasteiger partial charge in [-0.2, -0.15) is 0 Å². The van der Waals surface area contributed by atoms with Crippen molar-refractivity contribution in [3.05, 3.63) is 66.4 Å². The molecule has 0 fully saturated rings. The Labute approximate surface area is 120 Å². The van der Waals surface area contributed by atoms with Crippen molar-refractivity contribution in [2.24, 2.45) is 0 Å². The van der Waals surface area contributed by atoms with Crippen LogP contribution in [-0.2, 0) is 5.41 Å². The fourth-order valence-corrected chi connectivity index (χ4v) is 2.49. The molecule has 2 aliphatic rings. The van der Waals surface area contributed by atoms with Gasteiger partial charge >= 0.3 is 0 Å². The molecular weight excluding hydrogens is 242 g/mol. The smallest absolute Gasteiger partial charge is 0.0708 e. The molecule has 1 aromatic heterocycles. The van der Waals surface area contributed by atoms with Gasteiger partial charge in [-0.1, -0.05) is 63.2 Å². The molecule has 0 saturated carbocycles. The summed E-state index contributed by atoms with van der Waals surface area (Å²) in [5.74, 6) is 0. The Balaban J connectivity index is 2.15. The summed E-state index contributed by atoms with van der Waals surface area (Å²) in [5, 5.41) is 0. The zero-order valence-corrected chi connectivity index (χ0v) is 12.2. The van der Waals surface area contributed by atoms with Crippen LogP contribution in [-0.4, -0.2) is 4.98 Å². The summed E-state index contributed by atoms with van der Waals surface area (Å²) in [4.78, 5) is 4.46. The molecule has 1 aromatic rings. The maximum Gasteiger partial charge on any atom is 0.0708 e. The molecule has 2 aliphatic carbocycles. The van der Waals surface area contributed by atoms with Crippen molar-refractivity contribution in [1.82, 2.24) is 4.98 Å². The predicted octanol–water partition coefficient (Wildman–Crippen LogP) is 5.15. The van der Waals surface area contributed by atoms with Gasteiger partial charge in [0.1, 0.15) is 0 Å². The van der Waals surface area contributed by atoms with Crippen molar-refractivity contribution in [2.45, 2.75) is 26.2 Å². The minimum Gasteiger partial charge on any atom is -0.256 e. The van der Waals surface area contributed by atoms with E-state index < -0.39 is 0 Å². The lowest BCUT2D eigenvalue weighted by atomic mass is 9.88. The second-order valence-electron chi connectivity index (χ2n) is 6.20. The molecule has 0 radical (unpaired) electrons. The third-order valence-corrected chi connectivity index (χ3v) is 3.71. The number of pyridine rings is 1. The van der Waals surface area contributed by atoms with Crippen molar-refractivity contribution in [3.8, 4) is 22.4 Å². The molecule has 20 heavy (non-hydrogen) atoms. The van der Waals surface area contributed by atoms with E-state index in [1.165, 1.54) is 22.3 Å². The minimum absolute atomic E-state index is 0.168. The molecule has 0 aromatic carbocycles. The fourth-order valence-electron chi connectivity index (χ4n) is 2.49. The zero-order valence-electron chi connectivity index (χ0n) is 12.2. The second-order valence-corrected chi connectivity index (χ2v) is 6.20. The molecule has 0 N–H and O–H groups in total. The van der Waals surface area contributed by atoms with Crippen LogP contribution < -0.4 is 0 Å². The number of nitrogens with zero attached hydrogens (tertiary/aromatic N) is 1. The predicted molar refractivity (Wildman–Crippen MR) is 85.0 cm³/mol. The average Bonchev–Trinajstić information content (AvgIpc) is 2.69. The highest BCUT2D eigenvalue weighted by Crippen LogP contribution is 2.35. The number of hydrogen-bond donors (Lipinski definition) is 0. The van der Waals surface area contributed by atoms with Gasteiger partial charge in [0, 0.05) is 11.8 Å². The molecule has 1 heterocycles. The van der Waals surface area contributed by atoms with Crippen LogP contribution in [0.4, 0.5) is 0 Å². The molecule has 0 unspecified atom stereocenters. The Bertz CT molecular complexity index is 693. The van der Waals surface area contributed by atoms with Crippen LogP contribution in [0.25, 0.3) is 22.4 Å². The van der Waals surface area contributed by atoms with E-state index in [0.29, 0.717) is 0 Å². The van der Waals surface area contributed by atoms with Crippen LogP contribution in [0.5, 0.6) is 0 Å². The molecule has 0 amide bonds. The fraction of sp³-hybridized carbons (Fsp3) is 0.211. The first kappa shape index (κ1) is 12.9. The molecule has 0 saturated heterocycles. The third-order valence-electron chi connectivity index (χ3n) is 3.71. The van der Waals surface area contributed by atoms with Crippen LogP contribution in [0.15, 0.2) is 60.8 Å². The molecule has 100 valence electrons. The molecule has 0 atom stereocenters. The van der Waals surface area contributed by atoms with Crippen molar-refractivity contribution in [1.29, 1.82) is 0 Å². The van der Waals surface area contributed by atoms with E-state index >= 15 is 0 Å². The lowest BCUT2D eigenvalue weighted by Gasteiger charge is -2.17. The summed E-state index contributed by atoms with van der Waals surface area (Å²) in [7, 11) is 0. The van der Waals surface area contributed by atoms with E-state index in [0.717, 1.165) is 5.69 Å². The van der Waals surface area contributed by atoms with Crippen LogP contribution in [0.3, 0.4) is 0 Å². The molecule has 0 aliphatic heterocycles. The first-order valence-electron chi connectivity index (χ1n) is 7.00. The molecule has 3 rings (SSSR count). The van der Waals surface area contributed by atoms with Gasteiger partial charge in [-0.15, -0.1) is 0 Å². The molecule has 1 heteroatoms. The van der Waals surface area contributed by atoms with Gasteiger partial charge in [0.2, 0.25) is 0 Å². The summed E-state index contributed by atoms with van der Waals surface area (Å²) in [5.41, 5.74) is 6.28. The van der Waals surface area contributed by atoms with Crippen LogP contribution in [0.1, 0.15) is 26.3 Å². The molecule has 0 bridgehead atoms. The maximum atomic E-state index is 4.46. The quantitative estimate of drug-likeness (QED) is 0.590. The molecule has 1 nitrogen and oxygen atoms in total. The number of hydrogen-bond acceptors (Lipinski definition) is 1. The van der Waals surface area contributed by atoms with E-state index in [4.69, 9.17) is 0 Å². The summed E-state index contributed by atoms with van der Waals surface area (Å²) >= 11 is 0. The third kappa shape index (κ3) is 2.32. The van der Waals surface area contributed by atoms with Crippen LogP contribution in [0, 0.1) is 0 Å². The van der Waals surface area contributed by atoms with Gasteiger partial charge in [0.15, 0.2) is 0 Å². The normalized spacial score (nSPS) is 11.8. The highest BCUT2D eigenvalue weighted by atomic mass is 14.7. The largest absolute Gasteiger partial charge is 0.256 e. The standard InChI is InChI=1S/C19H19N/c1-19(2,3)15-9-7-14-8-11-17(16(14)12-10-15)18-6-4-5-13-20-18/h4-13H,1-3H3. The lowest BCUT2D eigenvalue weighted by molar-refractivity contribution is 0.591. The van der Waals surface area contributed by atoms with E-state index in [2.05, 4.69) is 68.2 Å². The molecular formula is C19H19N. The van der Waals surface area contributed by atoms with Crippen molar-refractivity contribution in [3.63, 3.8) is 0 Å². The van der Waals surface area contributed by atoms with Crippen LogP contribution >= 0.6 is 0 Å². The zero-order chi connectivity index (χ0) is 14.2. The van der Waals surface area contributed by atoms with Gasteiger partial charge in [-0.25, -0.2) is 0 Å². The van der Waals surface area contributed by atoms with Gasteiger partial charge in [0.05, 0.1) is 5.69 Å². The Kier molecular flexibility index (Phi) is 3.06. The Morgan fingerprint density at radius 3 is 2.15 bits per heavy atom. The highest BCUT2D eigenvalue weighted by molar-refractivity contribution is 5.84. The van der Waals surface area contributed by atoms with E-state index in [9.17, 15) is 0 Å². The van der Waals surface area contributed by atoms with Gasteiger partial charge in [-0.05, 0) is 34.2 Å². The highest BCUT2D eigenvalue weighted by Gasteiger charge is 2.15. The summed E-state index contributed by atoms with van der Waals surface area (Å²) in [6, 6.07) is 19.3. The first-order chi connectivity index (χ1) is 9.55. The van der Waals surface area contributed by atoms with Crippen molar-refractivity contribution >= 4 is 0 Å². The number of rotatable bonds is 1. The van der Waals surface area contributed by atoms with Crippen LogP contribution in [0.2, 0.25) is 0 Å². The molecule has 0 spiro atoms. The van der Waals surface area contributed by atoms with Crippen molar-refractivity contribution in [2.75, 3.05) is 0 Å². The number of aromatic nitrogens is 1. The number of fused-ring (bicyclic) bond motifs is 1. The SMILES string of the molecule is CC(C)(C)c1ccc2ccc(-c3ccccn3)c-2cc1. The van der Waals surface area contributed by atoms with Gasteiger partial charge in [-0.3, -0.25) is 4.98 Å². The topological polar surface area (TPSA) is 12.9 Å². The average molecular weight is 261 g/mol. The van der Waals surface area contributed by atoms with Gasteiger partial charge in [0.25, 0.3) is 0 Å². The Hall–Kier alpha value is -2.15. The monoisotopic (exact) mass is 261 g/mol. The van der Waals surface area contributed by atoms with E-state index in [1.54, 1.807) is 0 Å². The Morgan fingerprint density at radius 1 is 0.750 bits per heavy atom. The minimum atomic E-state index is 0.168. The first-order valence-corrected chi connectivity index (χ1v) is 7.00. The van der Waals surface area contributed by atoms with Gasteiger partial charge < -0.3 is 0 Å². The van der Waals surface area contributed by atoms with Crippen molar-refractivity contribution < 1.29 is 0 Å². The Morgan fingerprint density at radius 2 is 1.45 bits per heavy atom. The second kappa shape index (κ2) is 4.75. The summed E-state index contributed by atoms with van der Waals surface area (Å²) < 4.78 is 0. The van der Waals surface area contributed by atoms with E-state index in [1.807, 2.05) is 18.3 Å².